The molecule has 1 amide bonds. The van der Waals surface area contributed by atoms with Gasteiger partial charge in [-0.25, -0.2) is 22.9 Å². The van der Waals surface area contributed by atoms with Crippen molar-refractivity contribution < 1.29 is 22.7 Å². The third kappa shape index (κ3) is 4.55. The molecule has 2 heterocycles. The molecule has 10 heteroatoms. The number of fused-ring (bicyclic) bond motifs is 1. The van der Waals surface area contributed by atoms with Gasteiger partial charge in [0.25, 0.3) is 5.56 Å². The molecule has 0 saturated carbocycles. The first-order valence-electron chi connectivity index (χ1n) is 10.3. The molecule has 4 rings (SSSR count). The second-order valence-corrected chi connectivity index (χ2v) is 9.26. The standard InChI is InChI=1S/C23H21ClF3N3O3/c1-23(2,3)33-22(32)29-11-14(27)10-18(29)20-28-17-6-4-5-16(24)19(17)21(31)30(20)15-8-12(25)7-13(26)9-15/h4-9,14,18H,10-11H2,1-3H3/t14-,18-/m1/s1. The SMILES string of the molecule is CC(C)(C)OC(=O)N1C[C@H](F)C[C@@H]1c1nc2cccc(Cl)c2c(=O)n1-c1cc(F)cc(F)c1. The number of carbonyl (C=O) groups excluding carboxylic acids is 1. The van der Waals surface area contributed by atoms with Crippen molar-refractivity contribution in [3.8, 4) is 5.69 Å². The molecule has 1 fully saturated rings. The van der Waals surface area contributed by atoms with E-state index in [1.807, 2.05) is 0 Å². The summed E-state index contributed by atoms with van der Waals surface area (Å²) >= 11 is 6.23. The summed E-state index contributed by atoms with van der Waals surface area (Å²) in [4.78, 5) is 32.0. The maximum atomic E-state index is 14.5. The zero-order valence-corrected chi connectivity index (χ0v) is 18.9. The molecule has 1 aliphatic heterocycles. The number of likely N-dealkylation sites (tertiary alicyclic amines) is 1. The predicted molar refractivity (Wildman–Crippen MR) is 117 cm³/mol. The van der Waals surface area contributed by atoms with Crippen molar-refractivity contribution in [3.63, 3.8) is 0 Å². The Kier molecular flexibility index (Phi) is 5.86. The average Bonchev–Trinajstić information content (AvgIpc) is 3.07. The van der Waals surface area contributed by atoms with Crippen molar-refractivity contribution in [1.82, 2.24) is 14.5 Å². The minimum atomic E-state index is -1.41. The number of hydrogen-bond donors (Lipinski definition) is 0. The van der Waals surface area contributed by atoms with Gasteiger partial charge < -0.3 is 4.74 Å². The molecule has 174 valence electrons. The van der Waals surface area contributed by atoms with Gasteiger partial charge in [-0.05, 0) is 45.0 Å². The molecule has 1 saturated heterocycles. The summed E-state index contributed by atoms with van der Waals surface area (Å²) in [6, 6.07) is 6.18. The molecule has 0 N–H and O–H groups in total. The summed E-state index contributed by atoms with van der Waals surface area (Å²) in [6.45, 7) is 4.74. The van der Waals surface area contributed by atoms with E-state index in [1.54, 1.807) is 32.9 Å². The van der Waals surface area contributed by atoms with E-state index >= 15 is 0 Å². The quantitative estimate of drug-likeness (QED) is 0.498. The molecule has 1 aromatic heterocycles. The van der Waals surface area contributed by atoms with Crippen molar-refractivity contribution >= 4 is 28.6 Å². The molecule has 0 bridgehead atoms. The van der Waals surface area contributed by atoms with Gasteiger partial charge in [-0.2, -0.15) is 0 Å². The normalized spacial score (nSPS) is 18.7. The molecule has 2 atom stereocenters. The highest BCUT2D eigenvalue weighted by Crippen LogP contribution is 2.35. The summed E-state index contributed by atoms with van der Waals surface area (Å²) in [5.74, 6) is -1.88. The van der Waals surface area contributed by atoms with Crippen LogP contribution in [0.25, 0.3) is 16.6 Å². The number of ether oxygens (including phenoxy) is 1. The topological polar surface area (TPSA) is 64.4 Å². The lowest BCUT2D eigenvalue weighted by atomic mass is 10.1. The molecular formula is C23H21ClF3N3O3. The van der Waals surface area contributed by atoms with E-state index in [4.69, 9.17) is 16.3 Å². The molecule has 3 aromatic rings. The Bertz CT molecular complexity index is 1290. The predicted octanol–water partition coefficient (Wildman–Crippen LogP) is 5.34. The van der Waals surface area contributed by atoms with Crippen LogP contribution in [0, 0.1) is 11.6 Å². The number of aromatic nitrogens is 2. The Morgan fingerprint density at radius 1 is 1.18 bits per heavy atom. The Hall–Kier alpha value is -3.07. The van der Waals surface area contributed by atoms with Crippen molar-refractivity contribution in [2.24, 2.45) is 0 Å². The van der Waals surface area contributed by atoms with Crippen LogP contribution < -0.4 is 5.56 Å². The number of nitrogens with zero attached hydrogens (tertiary/aromatic N) is 3. The summed E-state index contributed by atoms with van der Waals surface area (Å²) in [7, 11) is 0. The molecule has 0 spiro atoms. The Morgan fingerprint density at radius 2 is 1.85 bits per heavy atom. The highest BCUT2D eigenvalue weighted by atomic mass is 35.5. The van der Waals surface area contributed by atoms with E-state index < -0.39 is 41.1 Å². The van der Waals surface area contributed by atoms with Crippen LogP contribution in [-0.4, -0.2) is 38.9 Å². The first-order chi connectivity index (χ1) is 15.4. The molecule has 0 unspecified atom stereocenters. The van der Waals surface area contributed by atoms with Gasteiger partial charge in [0.05, 0.1) is 34.2 Å². The monoisotopic (exact) mass is 479 g/mol. The summed E-state index contributed by atoms with van der Waals surface area (Å²) in [5, 5.41) is 0.132. The maximum Gasteiger partial charge on any atom is 0.411 e. The number of amides is 1. The van der Waals surface area contributed by atoms with E-state index in [0.717, 1.165) is 21.6 Å². The third-order valence-electron chi connectivity index (χ3n) is 5.15. The van der Waals surface area contributed by atoms with Gasteiger partial charge in [0.15, 0.2) is 0 Å². The Balaban J connectivity index is 1.98. The Labute approximate surface area is 192 Å². The largest absolute Gasteiger partial charge is 0.444 e. The van der Waals surface area contributed by atoms with Gasteiger partial charge in [-0.15, -0.1) is 0 Å². The molecule has 1 aliphatic rings. The third-order valence-corrected chi connectivity index (χ3v) is 5.47. The summed E-state index contributed by atoms with van der Waals surface area (Å²) in [6.07, 6.45) is -2.37. The molecule has 2 aromatic carbocycles. The number of hydrogen-bond acceptors (Lipinski definition) is 4. The lowest BCUT2D eigenvalue weighted by Crippen LogP contribution is -2.39. The minimum Gasteiger partial charge on any atom is -0.444 e. The van der Waals surface area contributed by atoms with Gasteiger partial charge in [0.1, 0.15) is 29.2 Å². The zero-order chi connectivity index (χ0) is 24.1. The number of halogens is 4. The van der Waals surface area contributed by atoms with E-state index in [0.29, 0.717) is 6.07 Å². The smallest absolute Gasteiger partial charge is 0.411 e. The van der Waals surface area contributed by atoms with Crippen molar-refractivity contribution in [2.45, 2.75) is 45.0 Å². The lowest BCUT2D eigenvalue weighted by molar-refractivity contribution is 0.0209. The van der Waals surface area contributed by atoms with Crippen LogP contribution >= 0.6 is 11.6 Å². The summed E-state index contributed by atoms with van der Waals surface area (Å²) in [5.41, 5.74) is -1.49. The van der Waals surface area contributed by atoms with Crippen LogP contribution in [0.3, 0.4) is 0 Å². The fraction of sp³-hybridized carbons (Fsp3) is 0.348. The van der Waals surface area contributed by atoms with Gasteiger partial charge >= 0.3 is 6.09 Å². The van der Waals surface area contributed by atoms with Crippen LogP contribution in [0.1, 0.15) is 39.1 Å². The van der Waals surface area contributed by atoms with Crippen LogP contribution in [0.2, 0.25) is 5.02 Å². The summed E-state index contributed by atoms with van der Waals surface area (Å²) < 4.78 is 49.0. The van der Waals surface area contributed by atoms with E-state index in [2.05, 4.69) is 4.98 Å². The highest BCUT2D eigenvalue weighted by molar-refractivity contribution is 6.35. The highest BCUT2D eigenvalue weighted by Gasteiger charge is 2.41. The number of alkyl halides is 1. The zero-order valence-electron chi connectivity index (χ0n) is 18.1. The van der Waals surface area contributed by atoms with Gasteiger partial charge in [-0.1, -0.05) is 17.7 Å². The number of benzene rings is 2. The second kappa shape index (κ2) is 8.37. The van der Waals surface area contributed by atoms with Crippen LogP contribution in [0.15, 0.2) is 41.2 Å². The van der Waals surface area contributed by atoms with Crippen molar-refractivity contribution in [2.75, 3.05) is 6.54 Å². The van der Waals surface area contributed by atoms with Crippen LogP contribution in [0.5, 0.6) is 0 Å². The van der Waals surface area contributed by atoms with E-state index in [-0.39, 0.29) is 40.4 Å². The van der Waals surface area contributed by atoms with Crippen molar-refractivity contribution in [3.05, 3.63) is 69.2 Å². The first-order valence-corrected chi connectivity index (χ1v) is 10.6. The van der Waals surface area contributed by atoms with Crippen LogP contribution in [0.4, 0.5) is 18.0 Å². The molecule has 0 aliphatic carbocycles. The number of rotatable bonds is 2. The van der Waals surface area contributed by atoms with Crippen molar-refractivity contribution in [1.29, 1.82) is 0 Å². The number of carbonyl (C=O) groups is 1. The van der Waals surface area contributed by atoms with Gasteiger partial charge in [0.2, 0.25) is 0 Å². The fourth-order valence-corrected chi connectivity index (χ4v) is 4.15. The lowest BCUT2D eigenvalue weighted by Gasteiger charge is -2.29. The first kappa shape index (κ1) is 23.1. The molecule has 0 radical (unpaired) electrons. The second-order valence-electron chi connectivity index (χ2n) is 8.85. The van der Waals surface area contributed by atoms with Gasteiger partial charge in [0, 0.05) is 12.5 Å². The van der Waals surface area contributed by atoms with Gasteiger partial charge in [-0.3, -0.25) is 14.3 Å². The van der Waals surface area contributed by atoms with E-state index in [9.17, 15) is 22.8 Å². The fourth-order valence-electron chi connectivity index (χ4n) is 3.90. The minimum absolute atomic E-state index is 0.0335. The molecular weight excluding hydrogens is 459 g/mol. The molecule has 33 heavy (non-hydrogen) atoms. The van der Waals surface area contributed by atoms with Crippen LogP contribution in [-0.2, 0) is 4.74 Å². The molecule has 6 nitrogen and oxygen atoms in total. The maximum absolute atomic E-state index is 14.5. The van der Waals surface area contributed by atoms with E-state index in [1.165, 1.54) is 6.07 Å². The average molecular weight is 480 g/mol. The Morgan fingerprint density at radius 3 is 2.48 bits per heavy atom.